The van der Waals surface area contributed by atoms with Gasteiger partial charge in [0.05, 0.1) is 18.5 Å². The highest BCUT2D eigenvalue weighted by Gasteiger charge is 2.47. The highest BCUT2D eigenvalue weighted by Crippen LogP contribution is 2.43. The quantitative estimate of drug-likeness (QED) is 0.613. The number of aliphatic imine (C=N–C) groups is 1. The number of para-hydroxylation sites is 1. The van der Waals surface area contributed by atoms with Crippen LogP contribution in [0.25, 0.3) is 6.08 Å². The average Bonchev–Trinajstić information content (AvgIpc) is 3.45. The first-order valence-electron chi connectivity index (χ1n) is 10.3. The zero-order valence-corrected chi connectivity index (χ0v) is 17.3. The van der Waals surface area contributed by atoms with Gasteiger partial charge < -0.3 is 19.5 Å². The van der Waals surface area contributed by atoms with Crippen LogP contribution in [0.3, 0.4) is 0 Å². The monoisotopic (exact) mass is 415 g/mol. The molecule has 8 nitrogen and oxygen atoms in total. The molecule has 1 aromatic heterocycles. The molecule has 0 bridgehead atoms. The number of furan rings is 1. The number of hydrogen-bond acceptors (Lipinski definition) is 6. The number of anilines is 1. The fraction of sp³-hybridized carbons (Fsp3) is 0.261. The Morgan fingerprint density at radius 1 is 1.23 bits per heavy atom. The largest absolute Gasteiger partial charge is 0.467 e. The Morgan fingerprint density at radius 3 is 2.81 bits per heavy atom. The molecule has 4 heterocycles. The zero-order chi connectivity index (χ0) is 21.4. The lowest BCUT2D eigenvalue weighted by Crippen LogP contribution is -2.47. The number of fused-ring (bicyclic) bond motifs is 3. The van der Waals surface area contributed by atoms with Crippen molar-refractivity contribution in [2.45, 2.75) is 6.54 Å². The molecule has 1 N–H and O–H groups in total. The zero-order valence-electron chi connectivity index (χ0n) is 17.3. The molecule has 3 aliphatic rings. The van der Waals surface area contributed by atoms with Crippen LogP contribution in [0.2, 0.25) is 0 Å². The van der Waals surface area contributed by atoms with E-state index in [1.165, 1.54) is 0 Å². The number of nitriles is 1. The molecular weight excluding hydrogens is 392 g/mol. The highest BCUT2D eigenvalue weighted by molar-refractivity contribution is 6.17. The van der Waals surface area contributed by atoms with E-state index in [9.17, 15) is 10.1 Å². The smallest absolute Gasteiger partial charge is 0.326 e. The molecule has 0 aliphatic carbocycles. The number of quaternary nitrogens is 1. The molecule has 0 saturated carbocycles. The summed E-state index contributed by atoms with van der Waals surface area (Å²) in [4.78, 5) is 21.7. The molecule has 0 spiro atoms. The van der Waals surface area contributed by atoms with Crippen molar-refractivity contribution in [3.05, 3.63) is 65.9 Å². The van der Waals surface area contributed by atoms with Crippen molar-refractivity contribution in [2.24, 2.45) is 4.99 Å². The Morgan fingerprint density at radius 2 is 2.06 bits per heavy atom. The molecule has 1 saturated heterocycles. The third kappa shape index (κ3) is 3.24. The van der Waals surface area contributed by atoms with Gasteiger partial charge in [-0.15, -0.1) is 9.74 Å². The van der Waals surface area contributed by atoms with Crippen LogP contribution in [0.4, 0.5) is 11.4 Å². The van der Waals surface area contributed by atoms with Gasteiger partial charge >= 0.3 is 6.19 Å². The van der Waals surface area contributed by atoms with Crippen LogP contribution in [-0.4, -0.2) is 54.8 Å². The van der Waals surface area contributed by atoms with Crippen molar-refractivity contribution in [3.8, 4) is 6.19 Å². The molecule has 1 aromatic carbocycles. The number of carbonyl (C=O) groups is 1. The van der Waals surface area contributed by atoms with E-state index >= 15 is 0 Å². The van der Waals surface area contributed by atoms with E-state index in [1.807, 2.05) is 54.4 Å². The van der Waals surface area contributed by atoms with Crippen molar-refractivity contribution in [3.63, 3.8) is 0 Å². The number of likely N-dealkylation sites (N-methyl/N-ethyl adjacent to an activating group) is 1. The van der Waals surface area contributed by atoms with E-state index in [2.05, 4.69) is 21.4 Å². The first-order valence-corrected chi connectivity index (χ1v) is 10.3. The fourth-order valence-electron chi connectivity index (χ4n) is 4.21. The van der Waals surface area contributed by atoms with Crippen LogP contribution in [0.15, 0.2) is 64.0 Å². The van der Waals surface area contributed by atoms with Gasteiger partial charge in [-0.25, -0.2) is 0 Å². The molecular formula is C23H23N6O2+. The lowest BCUT2D eigenvalue weighted by molar-refractivity contribution is -0.128. The van der Waals surface area contributed by atoms with E-state index in [1.54, 1.807) is 12.5 Å². The summed E-state index contributed by atoms with van der Waals surface area (Å²) in [5, 5.41) is 13.7. The number of carbonyl (C=O) groups excluding carboxylic acids is 1. The van der Waals surface area contributed by atoms with Crippen LogP contribution in [0.5, 0.6) is 0 Å². The summed E-state index contributed by atoms with van der Waals surface area (Å²) in [5.74, 6) is 1.20. The summed E-state index contributed by atoms with van der Waals surface area (Å²) in [5.41, 5.74) is 2.80. The van der Waals surface area contributed by atoms with Crippen molar-refractivity contribution < 1.29 is 9.21 Å². The predicted octanol–water partition coefficient (Wildman–Crippen LogP) is 2.73. The Balaban J connectivity index is 1.51. The van der Waals surface area contributed by atoms with E-state index in [0.717, 1.165) is 35.8 Å². The Kier molecular flexibility index (Phi) is 4.70. The topological polar surface area (TPSA) is 84.9 Å². The molecule has 156 valence electrons. The van der Waals surface area contributed by atoms with Crippen molar-refractivity contribution in [1.82, 2.24) is 14.3 Å². The van der Waals surface area contributed by atoms with E-state index in [-0.39, 0.29) is 10.4 Å². The summed E-state index contributed by atoms with van der Waals surface area (Å²) < 4.78 is 5.18. The third-order valence-electron chi connectivity index (χ3n) is 5.94. The molecule has 31 heavy (non-hydrogen) atoms. The van der Waals surface area contributed by atoms with Gasteiger partial charge in [-0.05, 0) is 37.4 Å². The standard InChI is InChI=1S/C23H23N6O2/c1-27-9-11-28(12-10-27)23(30)20-15-29(16-24)21(26-20)8-7-17-4-2-6-19(22(17)29)25-14-18-5-3-13-31-18/h2-8,13,15,25H,9-12,14H2,1H3/q+1. The first-order chi connectivity index (χ1) is 15.1. The Hall–Kier alpha value is -3.67. The lowest BCUT2D eigenvalue weighted by Gasteiger charge is -2.32. The van der Waals surface area contributed by atoms with Gasteiger partial charge in [0.15, 0.2) is 17.6 Å². The Labute approximate surface area is 180 Å². The summed E-state index contributed by atoms with van der Waals surface area (Å²) in [6, 6.07) is 9.58. The SMILES string of the molecule is CN1CCN(C(=O)C2=C[N+]3(C#N)C(=N2)C=Cc2cccc(NCc4ccco4)c23)CC1. The van der Waals surface area contributed by atoms with Gasteiger partial charge in [-0.1, -0.05) is 6.07 Å². The van der Waals surface area contributed by atoms with Gasteiger partial charge in [-0.3, -0.25) is 4.79 Å². The maximum atomic E-state index is 13.1. The molecule has 5 rings (SSSR count). The van der Waals surface area contributed by atoms with Crippen molar-refractivity contribution in [1.29, 1.82) is 5.26 Å². The van der Waals surface area contributed by atoms with Gasteiger partial charge in [-0.2, -0.15) is 4.99 Å². The third-order valence-corrected chi connectivity index (χ3v) is 5.94. The maximum absolute atomic E-state index is 13.1. The van der Waals surface area contributed by atoms with Crippen LogP contribution in [0.1, 0.15) is 11.3 Å². The molecule has 1 amide bonds. The fourth-order valence-corrected chi connectivity index (χ4v) is 4.21. The van der Waals surface area contributed by atoms with Crippen LogP contribution in [-0.2, 0) is 11.3 Å². The van der Waals surface area contributed by atoms with Gasteiger partial charge in [0.25, 0.3) is 11.7 Å². The van der Waals surface area contributed by atoms with Gasteiger partial charge in [0.1, 0.15) is 5.76 Å². The van der Waals surface area contributed by atoms with E-state index < -0.39 is 0 Å². The average molecular weight is 415 g/mol. The molecule has 1 fully saturated rings. The minimum Gasteiger partial charge on any atom is -0.467 e. The number of piperazine rings is 1. The van der Waals surface area contributed by atoms with E-state index in [4.69, 9.17) is 4.42 Å². The number of benzene rings is 1. The normalized spacial score (nSPS) is 22.3. The van der Waals surface area contributed by atoms with Crippen LogP contribution < -0.4 is 9.80 Å². The van der Waals surface area contributed by atoms with Gasteiger partial charge in [0, 0.05) is 37.8 Å². The van der Waals surface area contributed by atoms with E-state index in [0.29, 0.717) is 31.2 Å². The second-order valence-corrected chi connectivity index (χ2v) is 7.91. The van der Waals surface area contributed by atoms with Gasteiger partial charge in [0.2, 0.25) is 0 Å². The number of amidine groups is 1. The molecule has 8 heteroatoms. The number of nitrogens with zero attached hydrogens (tertiary/aromatic N) is 5. The summed E-state index contributed by atoms with van der Waals surface area (Å²) >= 11 is 0. The number of hydrogen-bond donors (Lipinski definition) is 1. The number of nitrogens with one attached hydrogen (secondary N) is 1. The number of rotatable bonds is 4. The summed E-state index contributed by atoms with van der Waals surface area (Å²) in [7, 11) is 2.05. The molecule has 2 aromatic rings. The lowest BCUT2D eigenvalue weighted by atomic mass is 10.0. The summed E-state index contributed by atoms with van der Waals surface area (Å²) in [6.07, 6.45) is 9.47. The Bertz CT molecular complexity index is 1150. The van der Waals surface area contributed by atoms with Crippen LogP contribution in [0, 0.1) is 11.5 Å². The summed E-state index contributed by atoms with van der Waals surface area (Å²) in [6.45, 7) is 3.47. The first kappa shape index (κ1) is 19.3. The minimum atomic E-state index is -0.248. The number of amides is 1. The van der Waals surface area contributed by atoms with Crippen molar-refractivity contribution in [2.75, 3.05) is 38.5 Å². The second-order valence-electron chi connectivity index (χ2n) is 7.91. The molecule has 1 atom stereocenters. The molecule has 1 unspecified atom stereocenters. The van der Waals surface area contributed by atoms with Crippen LogP contribution >= 0.6 is 0 Å². The van der Waals surface area contributed by atoms with Crippen molar-refractivity contribution >= 4 is 29.2 Å². The highest BCUT2D eigenvalue weighted by atomic mass is 16.3. The minimum absolute atomic E-state index is 0.126. The second kappa shape index (κ2) is 7.54. The molecule has 0 radical (unpaired) electrons. The molecule has 3 aliphatic heterocycles. The predicted molar refractivity (Wildman–Crippen MR) is 119 cm³/mol. The maximum Gasteiger partial charge on any atom is 0.326 e.